The first-order valence-corrected chi connectivity index (χ1v) is 9.48. The number of esters is 1. The lowest BCUT2D eigenvalue weighted by molar-refractivity contribution is 0.0473. The summed E-state index contributed by atoms with van der Waals surface area (Å²) >= 11 is 11.9. The molecule has 0 aliphatic rings. The number of rotatable bonds is 6. The monoisotopic (exact) mass is 426 g/mol. The van der Waals surface area contributed by atoms with Gasteiger partial charge in [-0.15, -0.1) is 0 Å². The van der Waals surface area contributed by atoms with E-state index in [9.17, 15) is 14.4 Å². The largest absolute Gasteiger partial charge is 0.454 e. The van der Waals surface area contributed by atoms with Crippen molar-refractivity contribution in [3.8, 4) is 0 Å². The molecular formula is C23H16Cl2O4. The van der Waals surface area contributed by atoms with E-state index >= 15 is 0 Å². The van der Waals surface area contributed by atoms with Crippen LogP contribution < -0.4 is 0 Å². The molecule has 0 radical (unpaired) electrons. The Kier molecular flexibility index (Phi) is 6.47. The molecule has 0 fully saturated rings. The highest BCUT2D eigenvalue weighted by atomic mass is 35.5. The molecule has 0 heterocycles. The van der Waals surface area contributed by atoms with Gasteiger partial charge in [-0.1, -0.05) is 71.2 Å². The lowest BCUT2D eigenvalue weighted by atomic mass is 9.98. The minimum atomic E-state index is -0.771. The lowest BCUT2D eigenvalue weighted by Crippen LogP contribution is -2.17. The first-order chi connectivity index (χ1) is 13.9. The molecule has 3 rings (SSSR count). The van der Waals surface area contributed by atoms with Crippen LogP contribution in [-0.4, -0.2) is 24.1 Å². The highest BCUT2D eigenvalue weighted by Crippen LogP contribution is 2.22. The number of ketones is 2. The van der Waals surface area contributed by atoms with Gasteiger partial charge in [0.1, 0.15) is 0 Å². The van der Waals surface area contributed by atoms with Gasteiger partial charge in [0.25, 0.3) is 0 Å². The number of hydrogen-bond donors (Lipinski definition) is 0. The third-order valence-corrected chi connectivity index (χ3v) is 4.83. The molecule has 0 bridgehead atoms. The topological polar surface area (TPSA) is 60.4 Å². The zero-order valence-electron chi connectivity index (χ0n) is 15.4. The summed E-state index contributed by atoms with van der Waals surface area (Å²) in [6.45, 7) is 1.40. The van der Waals surface area contributed by atoms with Crippen molar-refractivity contribution < 1.29 is 19.1 Å². The van der Waals surface area contributed by atoms with Gasteiger partial charge in [-0.05, 0) is 31.2 Å². The highest BCUT2D eigenvalue weighted by molar-refractivity contribution is 6.36. The van der Waals surface area contributed by atoms with E-state index < -0.39 is 18.4 Å². The van der Waals surface area contributed by atoms with Crippen molar-refractivity contribution in [1.82, 2.24) is 0 Å². The summed E-state index contributed by atoms with van der Waals surface area (Å²) in [7, 11) is 0. The van der Waals surface area contributed by atoms with Crippen molar-refractivity contribution in [1.29, 1.82) is 0 Å². The summed E-state index contributed by atoms with van der Waals surface area (Å²) in [5, 5.41) is 0.559. The van der Waals surface area contributed by atoms with Crippen LogP contribution in [0.25, 0.3) is 0 Å². The second-order valence-electron chi connectivity index (χ2n) is 6.36. The summed E-state index contributed by atoms with van der Waals surface area (Å²) in [5.74, 6) is -1.57. The number of halogens is 2. The Morgan fingerprint density at radius 3 is 2.17 bits per heavy atom. The molecule has 6 heteroatoms. The standard InChI is InChI=1S/C23H16Cl2O4/c1-14-6-8-15(9-7-14)22(27)17-4-2-3-5-18(17)23(28)29-13-21(26)19-12-16(24)10-11-20(19)25/h2-12H,13H2,1H3. The molecule has 0 spiro atoms. The Hall–Kier alpha value is -2.95. The molecule has 146 valence electrons. The summed E-state index contributed by atoms with van der Waals surface area (Å²) in [4.78, 5) is 37.7. The SMILES string of the molecule is Cc1ccc(C(=O)c2ccccc2C(=O)OCC(=O)c2cc(Cl)ccc2Cl)cc1. The van der Waals surface area contributed by atoms with Gasteiger partial charge in [-0.2, -0.15) is 0 Å². The molecule has 0 saturated carbocycles. The summed E-state index contributed by atoms with van der Waals surface area (Å²) in [6, 6.07) is 17.8. The van der Waals surface area contributed by atoms with E-state index in [2.05, 4.69) is 0 Å². The van der Waals surface area contributed by atoms with Crippen molar-refractivity contribution >= 4 is 40.7 Å². The van der Waals surface area contributed by atoms with E-state index in [1.54, 1.807) is 36.4 Å². The van der Waals surface area contributed by atoms with Gasteiger partial charge in [0.15, 0.2) is 12.4 Å². The van der Waals surface area contributed by atoms with Crippen LogP contribution in [0, 0.1) is 6.92 Å². The molecule has 0 amide bonds. The van der Waals surface area contributed by atoms with E-state index in [1.807, 2.05) is 19.1 Å². The Morgan fingerprint density at radius 2 is 1.48 bits per heavy atom. The molecule has 3 aromatic carbocycles. The smallest absolute Gasteiger partial charge is 0.339 e. The van der Waals surface area contributed by atoms with Crippen LogP contribution in [-0.2, 0) is 4.74 Å². The fourth-order valence-corrected chi connectivity index (χ4v) is 3.11. The molecule has 0 atom stereocenters. The van der Waals surface area contributed by atoms with E-state index in [0.717, 1.165) is 5.56 Å². The zero-order chi connectivity index (χ0) is 21.0. The minimum Gasteiger partial charge on any atom is -0.454 e. The average Bonchev–Trinajstić information content (AvgIpc) is 2.73. The Morgan fingerprint density at radius 1 is 0.828 bits per heavy atom. The van der Waals surface area contributed by atoms with Crippen molar-refractivity contribution in [2.24, 2.45) is 0 Å². The fraction of sp³-hybridized carbons (Fsp3) is 0.0870. The van der Waals surface area contributed by atoms with Gasteiger partial charge in [0, 0.05) is 21.7 Å². The maximum absolute atomic E-state index is 12.8. The van der Waals surface area contributed by atoms with Crippen LogP contribution >= 0.6 is 23.2 Å². The van der Waals surface area contributed by atoms with Gasteiger partial charge in [-0.3, -0.25) is 9.59 Å². The summed E-state index contributed by atoms with van der Waals surface area (Å²) < 4.78 is 5.14. The van der Waals surface area contributed by atoms with E-state index in [0.29, 0.717) is 10.6 Å². The first kappa shape index (κ1) is 20.8. The summed E-state index contributed by atoms with van der Waals surface area (Å²) in [6.07, 6.45) is 0. The Bertz CT molecular complexity index is 1090. The average molecular weight is 427 g/mol. The number of carbonyl (C=O) groups excluding carboxylic acids is 3. The van der Waals surface area contributed by atoms with Crippen molar-refractivity contribution in [3.05, 3.63) is 105 Å². The molecular weight excluding hydrogens is 411 g/mol. The Labute approximate surface area is 178 Å². The van der Waals surface area contributed by atoms with Gasteiger partial charge in [0.05, 0.1) is 10.6 Å². The van der Waals surface area contributed by atoms with Gasteiger partial charge in [-0.25, -0.2) is 4.79 Å². The number of Topliss-reactive ketones (excluding diaryl/α,β-unsaturated/α-hetero) is 1. The number of ether oxygens (including phenoxy) is 1. The van der Waals surface area contributed by atoms with Crippen molar-refractivity contribution in [3.63, 3.8) is 0 Å². The Balaban J connectivity index is 1.78. The number of benzene rings is 3. The summed E-state index contributed by atoms with van der Waals surface area (Å²) in [5.41, 5.74) is 1.93. The van der Waals surface area contributed by atoms with Crippen LogP contribution in [0.5, 0.6) is 0 Å². The number of aryl methyl sites for hydroxylation is 1. The van der Waals surface area contributed by atoms with Crippen LogP contribution in [0.4, 0.5) is 0 Å². The number of carbonyl (C=O) groups is 3. The molecule has 0 aliphatic carbocycles. The van der Waals surface area contributed by atoms with Gasteiger partial charge < -0.3 is 4.74 Å². The second kappa shape index (κ2) is 9.03. The quantitative estimate of drug-likeness (QED) is 0.381. The van der Waals surface area contributed by atoms with E-state index in [4.69, 9.17) is 27.9 Å². The van der Waals surface area contributed by atoms with Gasteiger partial charge >= 0.3 is 5.97 Å². The van der Waals surface area contributed by atoms with Crippen LogP contribution in [0.15, 0.2) is 66.7 Å². The first-order valence-electron chi connectivity index (χ1n) is 8.72. The molecule has 0 saturated heterocycles. The second-order valence-corrected chi connectivity index (χ2v) is 7.21. The molecule has 0 unspecified atom stereocenters. The molecule has 0 aliphatic heterocycles. The predicted octanol–water partition coefficient (Wildman–Crippen LogP) is 5.57. The third kappa shape index (κ3) is 4.91. The maximum Gasteiger partial charge on any atom is 0.339 e. The molecule has 4 nitrogen and oxygen atoms in total. The molecule has 0 N–H and O–H groups in total. The van der Waals surface area contributed by atoms with Crippen LogP contribution in [0.2, 0.25) is 10.0 Å². The highest BCUT2D eigenvalue weighted by Gasteiger charge is 2.20. The molecule has 3 aromatic rings. The third-order valence-electron chi connectivity index (χ3n) is 4.27. The zero-order valence-corrected chi connectivity index (χ0v) is 17.0. The molecule has 29 heavy (non-hydrogen) atoms. The van der Waals surface area contributed by atoms with Crippen molar-refractivity contribution in [2.45, 2.75) is 6.92 Å². The lowest BCUT2D eigenvalue weighted by Gasteiger charge is -2.10. The normalized spacial score (nSPS) is 10.4. The van der Waals surface area contributed by atoms with Gasteiger partial charge in [0.2, 0.25) is 5.78 Å². The minimum absolute atomic E-state index is 0.0862. The van der Waals surface area contributed by atoms with E-state index in [-0.39, 0.29) is 27.5 Å². The van der Waals surface area contributed by atoms with Crippen molar-refractivity contribution in [2.75, 3.05) is 6.61 Å². The van der Waals surface area contributed by atoms with Crippen LogP contribution in [0.1, 0.15) is 42.2 Å². The molecule has 0 aromatic heterocycles. The van der Waals surface area contributed by atoms with Crippen LogP contribution in [0.3, 0.4) is 0 Å². The predicted molar refractivity (Wildman–Crippen MR) is 112 cm³/mol. The number of hydrogen-bond acceptors (Lipinski definition) is 4. The fourth-order valence-electron chi connectivity index (χ4n) is 2.72. The van der Waals surface area contributed by atoms with E-state index in [1.165, 1.54) is 18.2 Å². The maximum atomic E-state index is 12.8.